The van der Waals surface area contributed by atoms with Gasteiger partial charge in [-0.3, -0.25) is 19.8 Å². The fraction of sp³-hybridized carbons (Fsp3) is 0.522. The highest BCUT2D eigenvalue weighted by molar-refractivity contribution is 6.32. The minimum Gasteiger partial charge on any atom is -0.351 e. The van der Waals surface area contributed by atoms with Gasteiger partial charge in [-0.1, -0.05) is 36.2 Å². The highest BCUT2D eigenvalue weighted by atomic mass is 35.5. The lowest BCUT2D eigenvalue weighted by Gasteiger charge is -2.47. The number of nitrogens with one attached hydrogen (secondary N) is 2. The number of fused-ring (bicyclic) bond motifs is 1. The molecule has 0 unspecified atom stereocenters. The molecule has 2 saturated heterocycles. The summed E-state index contributed by atoms with van der Waals surface area (Å²) in [5.74, 6) is 0.378. The third-order valence-electron chi connectivity index (χ3n) is 7.03. The van der Waals surface area contributed by atoms with Crippen LogP contribution in [0.2, 0.25) is 10.2 Å². The lowest BCUT2D eigenvalue weighted by Crippen LogP contribution is -2.58. The van der Waals surface area contributed by atoms with Crippen LogP contribution in [0.5, 0.6) is 0 Å². The summed E-state index contributed by atoms with van der Waals surface area (Å²) in [6, 6.07) is 5.79. The van der Waals surface area contributed by atoms with Crippen LogP contribution in [0.15, 0.2) is 23.0 Å². The van der Waals surface area contributed by atoms with Gasteiger partial charge >= 0.3 is 5.69 Å². The van der Waals surface area contributed by atoms with Crippen molar-refractivity contribution in [1.29, 1.82) is 0 Å². The molecule has 0 spiro atoms. The van der Waals surface area contributed by atoms with Crippen molar-refractivity contribution in [1.82, 2.24) is 29.7 Å². The molecule has 2 N–H and O–H groups in total. The second-order valence-corrected chi connectivity index (χ2v) is 9.90. The van der Waals surface area contributed by atoms with Gasteiger partial charge in [0.05, 0.1) is 0 Å². The van der Waals surface area contributed by atoms with Crippen molar-refractivity contribution in [3.63, 3.8) is 0 Å². The van der Waals surface area contributed by atoms with Crippen molar-refractivity contribution in [2.24, 2.45) is 0 Å². The SMILES string of the molecule is CC[C@H]1CN(c2nc3[nH]c(=O)[nH]c3nc2Cl)CCN1C1CCN(Cc2ccc(Cl)cc2F)CC1. The molecular weight excluding hydrogens is 480 g/mol. The predicted octanol–water partition coefficient (Wildman–Crippen LogP) is 3.66. The number of likely N-dealkylation sites (tertiary alicyclic amines) is 1. The molecule has 2 aliphatic rings. The van der Waals surface area contributed by atoms with Crippen LogP contribution in [0.4, 0.5) is 10.2 Å². The highest BCUT2D eigenvalue weighted by Crippen LogP contribution is 2.29. The maximum Gasteiger partial charge on any atom is 0.326 e. The zero-order valence-corrected chi connectivity index (χ0v) is 20.5. The Bertz CT molecular complexity index is 1220. The fourth-order valence-corrected chi connectivity index (χ4v) is 5.64. The van der Waals surface area contributed by atoms with E-state index in [9.17, 15) is 9.18 Å². The minimum absolute atomic E-state index is 0.236. The van der Waals surface area contributed by atoms with Gasteiger partial charge < -0.3 is 4.90 Å². The van der Waals surface area contributed by atoms with Gasteiger partial charge in [-0.05, 0) is 44.5 Å². The molecule has 1 atom stereocenters. The first kappa shape index (κ1) is 23.5. The largest absolute Gasteiger partial charge is 0.351 e. The second kappa shape index (κ2) is 9.81. The van der Waals surface area contributed by atoms with Gasteiger partial charge in [0.25, 0.3) is 0 Å². The van der Waals surface area contributed by atoms with Crippen LogP contribution in [0, 0.1) is 5.82 Å². The fourth-order valence-electron chi connectivity index (χ4n) is 5.23. The summed E-state index contributed by atoms with van der Waals surface area (Å²) in [6.07, 6.45) is 3.13. The van der Waals surface area contributed by atoms with Crippen molar-refractivity contribution in [3.8, 4) is 0 Å². The van der Waals surface area contributed by atoms with Gasteiger partial charge in [-0.2, -0.15) is 0 Å². The lowest BCUT2D eigenvalue weighted by molar-refractivity contribution is 0.0607. The highest BCUT2D eigenvalue weighted by Gasteiger charge is 2.34. The minimum atomic E-state index is -0.343. The van der Waals surface area contributed by atoms with E-state index in [0.29, 0.717) is 51.5 Å². The lowest BCUT2D eigenvalue weighted by atomic mass is 9.98. The van der Waals surface area contributed by atoms with Crippen LogP contribution in [0.25, 0.3) is 11.3 Å². The smallest absolute Gasteiger partial charge is 0.326 e. The summed E-state index contributed by atoms with van der Waals surface area (Å²) in [5, 5.41) is 0.729. The summed E-state index contributed by atoms with van der Waals surface area (Å²) >= 11 is 12.3. The number of nitrogens with zero attached hydrogens (tertiary/aromatic N) is 5. The Kier molecular flexibility index (Phi) is 6.79. The molecule has 0 radical (unpaired) electrons. The number of aromatic nitrogens is 4. The molecule has 5 rings (SSSR count). The van der Waals surface area contributed by atoms with E-state index in [1.807, 2.05) is 0 Å². The zero-order valence-electron chi connectivity index (χ0n) is 19.0. The quantitative estimate of drug-likeness (QED) is 0.548. The number of anilines is 1. The average Bonchev–Trinajstić information content (AvgIpc) is 3.19. The number of halogens is 3. The summed E-state index contributed by atoms with van der Waals surface area (Å²) in [6.45, 7) is 7.22. The Hall–Kier alpha value is -2.20. The molecule has 34 heavy (non-hydrogen) atoms. The molecule has 0 amide bonds. The number of H-pyrrole nitrogens is 2. The third kappa shape index (κ3) is 4.79. The van der Waals surface area contributed by atoms with Gasteiger partial charge in [-0.15, -0.1) is 0 Å². The number of benzene rings is 1. The van der Waals surface area contributed by atoms with Crippen LogP contribution in [0.1, 0.15) is 31.7 Å². The topological polar surface area (TPSA) is 84.1 Å². The van der Waals surface area contributed by atoms with E-state index in [0.717, 1.165) is 52.0 Å². The number of aromatic amines is 2. The van der Waals surface area contributed by atoms with E-state index in [-0.39, 0.29) is 11.5 Å². The standard InChI is InChI=1S/C23H28Cl2FN7O/c1-2-16-13-32(22-19(25)27-20-21(28-22)30-23(34)29-20)9-10-33(16)17-5-7-31(8-6-17)12-14-3-4-15(24)11-18(14)26/h3-4,11,16-17H,2,5-10,12-13H2,1H3,(H2,27,28,29,30,34)/t16-/m0/s1. The first-order valence-electron chi connectivity index (χ1n) is 11.7. The monoisotopic (exact) mass is 507 g/mol. The predicted molar refractivity (Wildman–Crippen MR) is 132 cm³/mol. The molecule has 11 heteroatoms. The van der Waals surface area contributed by atoms with Gasteiger partial charge in [0.1, 0.15) is 5.82 Å². The maximum atomic E-state index is 14.2. The van der Waals surface area contributed by atoms with Gasteiger partial charge in [-0.25, -0.2) is 19.2 Å². The number of imidazole rings is 1. The van der Waals surface area contributed by atoms with E-state index >= 15 is 0 Å². The Morgan fingerprint density at radius 3 is 2.53 bits per heavy atom. The molecular formula is C23H28Cl2FN7O. The number of hydrogen-bond donors (Lipinski definition) is 2. The normalized spacial score (nSPS) is 20.9. The van der Waals surface area contributed by atoms with Crippen LogP contribution in [0.3, 0.4) is 0 Å². The number of rotatable bonds is 5. The van der Waals surface area contributed by atoms with Crippen molar-refractivity contribution in [2.45, 2.75) is 44.8 Å². The summed E-state index contributed by atoms with van der Waals surface area (Å²) in [4.78, 5) is 32.8. The second-order valence-electron chi connectivity index (χ2n) is 9.10. The van der Waals surface area contributed by atoms with E-state index in [2.05, 4.69) is 41.6 Å². The van der Waals surface area contributed by atoms with Crippen molar-refractivity contribution in [2.75, 3.05) is 37.6 Å². The Labute approximate surface area is 207 Å². The Morgan fingerprint density at radius 2 is 1.82 bits per heavy atom. The molecule has 2 aliphatic heterocycles. The molecule has 0 aliphatic carbocycles. The molecule has 0 saturated carbocycles. The van der Waals surface area contributed by atoms with Crippen LogP contribution < -0.4 is 10.6 Å². The van der Waals surface area contributed by atoms with Gasteiger partial charge in [0, 0.05) is 48.8 Å². The Morgan fingerprint density at radius 1 is 1.09 bits per heavy atom. The summed E-state index contributed by atoms with van der Waals surface area (Å²) in [5.41, 5.74) is 1.14. The maximum absolute atomic E-state index is 14.2. The molecule has 8 nitrogen and oxygen atoms in total. The first-order chi connectivity index (χ1) is 16.4. The van der Waals surface area contributed by atoms with Crippen molar-refractivity contribution in [3.05, 3.63) is 50.2 Å². The number of piperazine rings is 1. The first-order valence-corrected chi connectivity index (χ1v) is 12.5. The van der Waals surface area contributed by atoms with Crippen LogP contribution >= 0.6 is 23.2 Å². The molecule has 0 bridgehead atoms. The summed E-state index contributed by atoms with van der Waals surface area (Å²) < 4.78 is 14.2. The van der Waals surface area contributed by atoms with Crippen molar-refractivity contribution < 1.29 is 4.39 Å². The Balaban J connectivity index is 1.22. The molecule has 182 valence electrons. The molecule has 4 heterocycles. The van der Waals surface area contributed by atoms with E-state index < -0.39 is 0 Å². The molecule has 3 aromatic rings. The molecule has 1 aromatic carbocycles. The number of hydrogen-bond acceptors (Lipinski definition) is 6. The van der Waals surface area contributed by atoms with Crippen LogP contribution in [-0.4, -0.2) is 74.5 Å². The van der Waals surface area contributed by atoms with E-state index in [1.165, 1.54) is 6.07 Å². The molecule has 2 aromatic heterocycles. The molecule has 2 fully saturated rings. The van der Waals surface area contributed by atoms with E-state index in [1.54, 1.807) is 12.1 Å². The zero-order chi connectivity index (χ0) is 23.8. The van der Waals surface area contributed by atoms with E-state index in [4.69, 9.17) is 23.2 Å². The summed E-state index contributed by atoms with van der Waals surface area (Å²) in [7, 11) is 0. The van der Waals surface area contributed by atoms with Crippen LogP contribution in [-0.2, 0) is 6.54 Å². The van der Waals surface area contributed by atoms with Gasteiger partial charge in [0.2, 0.25) is 0 Å². The third-order valence-corrected chi connectivity index (χ3v) is 7.52. The van der Waals surface area contributed by atoms with Crippen molar-refractivity contribution >= 4 is 40.3 Å². The van der Waals surface area contributed by atoms with Gasteiger partial charge in [0.15, 0.2) is 22.3 Å². The number of piperidine rings is 1. The average molecular weight is 508 g/mol.